The zero-order chi connectivity index (χ0) is 13.7. The smallest absolute Gasteiger partial charge is 0.120 e. The standard InChI is InChI=1S/C14H20BrNO3/c1-11-10-19-14(9-17)8-16(11)5-6-18-13-4-2-3-12(15)7-13/h2-4,7,11,14,17H,5-6,8-10H2,1H3. The third kappa shape index (κ3) is 4.45. The van der Waals surface area contributed by atoms with E-state index in [1.165, 1.54) is 0 Å². The second-order valence-corrected chi connectivity index (χ2v) is 5.70. The Morgan fingerprint density at radius 3 is 3.11 bits per heavy atom. The molecule has 106 valence electrons. The number of hydrogen-bond acceptors (Lipinski definition) is 4. The summed E-state index contributed by atoms with van der Waals surface area (Å²) in [5.41, 5.74) is 0. The molecule has 2 atom stereocenters. The molecule has 19 heavy (non-hydrogen) atoms. The van der Waals surface area contributed by atoms with E-state index in [-0.39, 0.29) is 12.7 Å². The molecule has 0 aromatic heterocycles. The molecule has 0 saturated carbocycles. The van der Waals surface area contributed by atoms with E-state index in [9.17, 15) is 0 Å². The lowest BCUT2D eigenvalue weighted by atomic mass is 10.2. The van der Waals surface area contributed by atoms with Crippen LogP contribution in [-0.4, -0.2) is 55.1 Å². The predicted octanol–water partition coefficient (Wildman–Crippen LogP) is 1.91. The third-order valence-electron chi connectivity index (χ3n) is 3.28. The van der Waals surface area contributed by atoms with Crippen molar-refractivity contribution in [2.45, 2.75) is 19.1 Å². The van der Waals surface area contributed by atoms with Gasteiger partial charge in [0.25, 0.3) is 0 Å². The minimum Gasteiger partial charge on any atom is -0.492 e. The molecule has 4 nitrogen and oxygen atoms in total. The first-order valence-electron chi connectivity index (χ1n) is 6.54. The monoisotopic (exact) mass is 329 g/mol. The Morgan fingerprint density at radius 2 is 2.37 bits per heavy atom. The van der Waals surface area contributed by atoms with Crippen molar-refractivity contribution in [1.82, 2.24) is 4.90 Å². The van der Waals surface area contributed by atoms with Gasteiger partial charge in [0.1, 0.15) is 12.4 Å². The Kier molecular flexibility index (Phi) is 5.63. The van der Waals surface area contributed by atoms with Gasteiger partial charge in [0, 0.05) is 23.6 Å². The van der Waals surface area contributed by atoms with Crippen LogP contribution in [0.15, 0.2) is 28.7 Å². The van der Waals surface area contributed by atoms with E-state index in [0.29, 0.717) is 19.3 Å². The van der Waals surface area contributed by atoms with Crippen LogP contribution in [0.4, 0.5) is 0 Å². The van der Waals surface area contributed by atoms with Gasteiger partial charge < -0.3 is 14.6 Å². The summed E-state index contributed by atoms with van der Waals surface area (Å²) >= 11 is 3.42. The van der Waals surface area contributed by atoms with Gasteiger partial charge in [-0.3, -0.25) is 4.90 Å². The molecule has 1 N–H and O–H groups in total. The second-order valence-electron chi connectivity index (χ2n) is 4.79. The molecule has 1 saturated heterocycles. The lowest BCUT2D eigenvalue weighted by Crippen LogP contribution is -2.50. The van der Waals surface area contributed by atoms with Gasteiger partial charge in [-0.25, -0.2) is 0 Å². The zero-order valence-corrected chi connectivity index (χ0v) is 12.7. The number of rotatable bonds is 5. The van der Waals surface area contributed by atoms with E-state index < -0.39 is 0 Å². The van der Waals surface area contributed by atoms with E-state index in [1.54, 1.807) is 0 Å². The molecule has 0 amide bonds. The van der Waals surface area contributed by atoms with E-state index in [4.69, 9.17) is 14.6 Å². The first kappa shape index (κ1) is 14.8. The maximum Gasteiger partial charge on any atom is 0.120 e. The molecule has 1 aromatic rings. The average molecular weight is 330 g/mol. The first-order valence-corrected chi connectivity index (χ1v) is 7.33. The van der Waals surface area contributed by atoms with E-state index in [2.05, 4.69) is 27.8 Å². The Bertz CT molecular complexity index is 402. The summed E-state index contributed by atoms with van der Waals surface area (Å²) in [5, 5.41) is 9.14. The van der Waals surface area contributed by atoms with Crippen LogP contribution in [0.1, 0.15) is 6.92 Å². The third-order valence-corrected chi connectivity index (χ3v) is 3.77. The van der Waals surface area contributed by atoms with Crippen LogP contribution in [0.2, 0.25) is 0 Å². The van der Waals surface area contributed by atoms with Gasteiger partial charge in [-0.2, -0.15) is 0 Å². The van der Waals surface area contributed by atoms with Gasteiger partial charge in [-0.15, -0.1) is 0 Å². The number of nitrogens with zero attached hydrogens (tertiary/aromatic N) is 1. The molecule has 1 fully saturated rings. The normalized spacial score (nSPS) is 24.4. The molecule has 0 bridgehead atoms. The Balaban J connectivity index is 1.78. The quantitative estimate of drug-likeness (QED) is 0.896. The van der Waals surface area contributed by atoms with Gasteiger partial charge in [-0.1, -0.05) is 22.0 Å². The molecule has 1 aliphatic rings. The molecule has 0 radical (unpaired) electrons. The van der Waals surface area contributed by atoms with E-state index in [0.717, 1.165) is 23.3 Å². The molecular weight excluding hydrogens is 310 g/mol. The molecule has 2 rings (SSSR count). The summed E-state index contributed by atoms with van der Waals surface area (Å²) in [7, 11) is 0. The number of morpholine rings is 1. The molecule has 0 aliphatic carbocycles. The van der Waals surface area contributed by atoms with Crippen molar-refractivity contribution in [3.8, 4) is 5.75 Å². The van der Waals surface area contributed by atoms with Gasteiger partial charge >= 0.3 is 0 Å². The summed E-state index contributed by atoms with van der Waals surface area (Å²) in [5.74, 6) is 0.869. The summed E-state index contributed by atoms with van der Waals surface area (Å²) in [6, 6.07) is 8.21. The Hall–Kier alpha value is -0.620. The number of hydrogen-bond donors (Lipinski definition) is 1. The summed E-state index contributed by atoms with van der Waals surface area (Å²) in [6.07, 6.45) is -0.0675. The highest BCUT2D eigenvalue weighted by Crippen LogP contribution is 2.18. The Morgan fingerprint density at radius 1 is 1.53 bits per heavy atom. The van der Waals surface area contributed by atoms with Crippen LogP contribution >= 0.6 is 15.9 Å². The van der Waals surface area contributed by atoms with Gasteiger partial charge in [-0.05, 0) is 25.1 Å². The van der Waals surface area contributed by atoms with Crippen molar-refractivity contribution in [2.75, 3.05) is 32.9 Å². The largest absolute Gasteiger partial charge is 0.492 e. The molecule has 0 spiro atoms. The number of halogens is 1. The van der Waals surface area contributed by atoms with Gasteiger partial charge in [0.05, 0.1) is 19.3 Å². The van der Waals surface area contributed by atoms with E-state index in [1.807, 2.05) is 24.3 Å². The van der Waals surface area contributed by atoms with E-state index >= 15 is 0 Å². The van der Waals surface area contributed by atoms with Crippen LogP contribution < -0.4 is 4.74 Å². The fourth-order valence-electron chi connectivity index (χ4n) is 2.13. The second kappa shape index (κ2) is 7.24. The van der Waals surface area contributed by atoms with Crippen molar-refractivity contribution < 1.29 is 14.6 Å². The number of aliphatic hydroxyl groups is 1. The summed E-state index contributed by atoms with van der Waals surface area (Å²) < 4.78 is 12.3. The molecule has 1 aliphatic heterocycles. The van der Waals surface area contributed by atoms with Crippen LogP contribution in [-0.2, 0) is 4.74 Å². The van der Waals surface area contributed by atoms with Crippen molar-refractivity contribution in [2.24, 2.45) is 0 Å². The first-order chi connectivity index (χ1) is 9.19. The van der Waals surface area contributed by atoms with Crippen LogP contribution in [0.5, 0.6) is 5.75 Å². The zero-order valence-electron chi connectivity index (χ0n) is 11.1. The number of aliphatic hydroxyl groups excluding tert-OH is 1. The lowest BCUT2D eigenvalue weighted by Gasteiger charge is -2.37. The van der Waals surface area contributed by atoms with Gasteiger partial charge in [0.2, 0.25) is 0 Å². The highest BCUT2D eigenvalue weighted by Gasteiger charge is 2.25. The van der Waals surface area contributed by atoms with Gasteiger partial charge in [0.15, 0.2) is 0 Å². The van der Waals surface area contributed by atoms with Crippen molar-refractivity contribution in [3.05, 3.63) is 28.7 Å². The van der Waals surface area contributed by atoms with Crippen LogP contribution in [0.3, 0.4) is 0 Å². The average Bonchev–Trinajstić information content (AvgIpc) is 2.41. The minimum atomic E-state index is -0.0675. The number of ether oxygens (including phenoxy) is 2. The number of benzene rings is 1. The van der Waals surface area contributed by atoms with Crippen molar-refractivity contribution >= 4 is 15.9 Å². The lowest BCUT2D eigenvalue weighted by molar-refractivity contribution is -0.0798. The molecule has 5 heteroatoms. The van der Waals surface area contributed by atoms with Crippen LogP contribution in [0, 0.1) is 0 Å². The SMILES string of the molecule is CC1COC(CO)CN1CCOc1cccc(Br)c1. The maximum atomic E-state index is 9.14. The Labute approximate surface area is 122 Å². The molecule has 2 unspecified atom stereocenters. The topological polar surface area (TPSA) is 41.9 Å². The summed E-state index contributed by atoms with van der Waals surface area (Å²) in [6.45, 7) is 5.12. The maximum absolute atomic E-state index is 9.14. The molecule has 1 heterocycles. The fraction of sp³-hybridized carbons (Fsp3) is 0.571. The highest BCUT2D eigenvalue weighted by atomic mass is 79.9. The van der Waals surface area contributed by atoms with Crippen LogP contribution in [0.25, 0.3) is 0 Å². The van der Waals surface area contributed by atoms with Crippen molar-refractivity contribution in [3.63, 3.8) is 0 Å². The summed E-state index contributed by atoms with van der Waals surface area (Å²) in [4.78, 5) is 2.29. The van der Waals surface area contributed by atoms with Crippen molar-refractivity contribution in [1.29, 1.82) is 0 Å². The predicted molar refractivity (Wildman–Crippen MR) is 77.5 cm³/mol. The molecule has 1 aromatic carbocycles. The minimum absolute atomic E-state index is 0.0675. The highest BCUT2D eigenvalue weighted by molar-refractivity contribution is 9.10. The molecular formula is C14H20BrNO3. The fourth-order valence-corrected chi connectivity index (χ4v) is 2.51.